The summed E-state index contributed by atoms with van der Waals surface area (Å²) >= 11 is 0. The molecule has 4 N–H and O–H groups in total. The number of H-pyrrole nitrogens is 2. The Morgan fingerprint density at radius 1 is 0.943 bits per heavy atom. The summed E-state index contributed by atoms with van der Waals surface area (Å²) in [6.45, 7) is 3.97. The van der Waals surface area contributed by atoms with Gasteiger partial charge in [-0.2, -0.15) is 0 Å². The molecule has 0 radical (unpaired) electrons. The number of rotatable bonds is 3. The molecule has 8 nitrogen and oxygen atoms in total. The number of pyridine rings is 1. The molecule has 8 heteroatoms. The molecule has 35 heavy (non-hydrogen) atoms. The van der Waals surface area contributed by atoms with Crippen molar-refractivity contribution in [2.24, 2.45) is 0 Å². The maximum absolute atomic E-state index is 13.3. The lowest BCUT2D eigenvalue weighted by molar-refractivity contribution is 0.0590. The zero-order valence-electron chi connectivity index (χ0n) is 19.7. The van der Waals surface area contributed by atoms with Crippen LogP contribution in [-0.4, -0.2) is 62.9 Å². The second kappa shape index (κ2) is 8.85. The topological polar surface area (TPSA) is 111 Å². The molecule has 0 aliphatic carbocycles. The first-order valence-corrected chi connectivity index (χ1v) is 12.5. The first kappa shape index (κ1) is 21.9. The number of piperidine rings is 2. The van der Waals surface area contributed by atoms with Gasteiger partial charge in [0.25, 0.3) is 11.5 Å². The van der Waals surface area contributed by atoms with Gasteiger partial charge in [0.05, 0.1) is 22.2 Å². The number of anilines is 1. The Labute approximate surface area is 203 Å². The maximum atomic E-state index is 13.3. The van der Waals surface area contributed by atoms with Crippen LogP contribution in [0.3, 0.4) is 0 Å². The van der Waals surface area contributed by atoms with Crippen LogP contribution in [0.1, 0.15) is 42.5 Å². The smallest absolute Gasteiger partial charge is 0.261 e. The minimum absolute atomic E-state index is 0.0446. The van der Waals surface area contributed by atoms with Gasteiger partial charge in [-0.3, -0.25) is 9.59 Å². The highest BCUT2D eigenvalue weighted by molar-refractivity contribution is 5.99. The van der Waals surface area contributed by atoms with E-state index in [1.165, 1.54) is 32.4 Å². The van der Waals surface area contributed by atoms with Crippen LogP contribution in [0.25, 0.3) is 33.3 Å². The summed E-state index contributed by atoms with van der Waals surface area (Å²) in [6.07, 6.45) is 6.00. The molecule has 2 fully saturated rings. The highest BCUT2D eigenvalue weighted by Crippen LogP contribution is 2.29. The zero-order valence-corrected chi connectivity index (χ0v) is 19.7. The number of likely N-dealkylation sites (tertiary alicyclic amines) is 2. The van der Waals surface area contributed by atoms with Crippen molar-refractivity contribution in [2.75, 3.05) is 31.9 Å². The van der Waals surface area contributed by atoms with E-state index in [-0.39, 0.29) is 11.5 Å². The molecule has 2 aromatic heterocycles. The number of nitrogens with two attached hydrogens (primary N) is 1. The molecular formula is C27H30N6O2. The molecule has 0 bridgehead atoms. The normalized spacial score (nSPS) is 17.9. The van der Waals surface area contributed by atoms with Gasteiger partial charge in [0.15, 0.2) is 0 Å². The monoisotopic (exact) mass is 470 g/mol. The number of aromatic nitrogens is 3. The molecule has 2 aliphatic rings. The highest BCUT2D eigenvalue weighted by atomic mass is 16.2. The van der Waals surface area contributed by atoms with Gasteiger partial charge in [0.2, 0.25) is 0 Å². The Kier molecular flexibility index (Phi) is 5.53. The van der Waals surface area contributed by atoms with E-state index in [1.54, 1.807) is 0 Å². The molecule has 2 aromatic carbocycles. The molecule has 4 heterocycles. The lowest BCUT2D eigenvalue weighted by atomic mass is 9.99. The molecule has 180 valence electrons. The van der Waals surface area contributed by atoms with Gasteiger partial charge in [-0.05, 0) is 63.0 Å². The highest BCUT2D eigenvalue weighted by Gasteiger charge is 2.28. The van der Waals surface area contributed by atoms with Crippen LogP contribution in [0.5, 0.6) is 0 Å². The van der Waals surface area contributed by atoms with E-state index in [9.17, 15) is 9.59 Å². The van der Waals surface area contributed by atoms with Gasteiger partial charge in [0.1, 0.15) is 11.4 Å². The molecule has 2 aliphatic heterocycles. The summed E-state index contributed by atoms with van der Waals surface area (Å²) < 4.78 is 0. The molecular weight excluding hydrogens is 440 g/mol. The van der Waals surface area contributed by atoms with Crippen molar-refractivity contribution >= 4 is 33.5 Å². The average molecular weight is 471 g/mol. The Balaban J connectivity index is 1.24. The third kappa shape index (κ3) is 3.97. The molecule has 0 atom stereocenters. The van der Waals surface area contributed by atoms with Crippen LogP contribution < -0.4 is 11.3 Å². The van der Waals surface area contributed by atoms with Gasteiger partial charge in [-0.15, -0.1) is 0 Å². The number of amides is 1. The average Bonchev–Trinajstić information content (AvgIpc) is 3.31. The van der Waals surface area contributed by atoms with Gasteiger partial charge in [0, 0.05) is 30.1 Å². The lowest BCUT2D eigenvalue weighted by Crippen LogP contribution is -2.48. The van der Waals surface area contributed by atoms with E-state index in [4.69, 9.17) is 5.73 Å². The molecule has 4 aromatic rings. The fraction of sp³-hybridized carbons (Fsp3) is 0.370. The van der Waals surface area contributed by atoms with E-state index in [0.29, 0.717) is 45.2 Å². The second-order valence-corrected chi connectivity index (χ2v) is 9.73. The van der Waals surface area contributed by atoms with Gasteiger partial charge < -0.3 is 25.5 Å². The Hall–Kier alpha value is -3.65. The Bertz CT molecular complexity index is 1460. The van der Waals surface area contributed by atoms with E-state index in [0.717, 1.165) is 31.3 Å². The van der Waals surface area contributed by atoms with Crippen LogP contribution in [0.4, 0.5) is 5.69 Å². The fourth-order valence-electron chi connectivity index (χ4n) is 5.67. The van der Waals surface area contributed by atoms with Crippen LogP contribution in [0, 0.1) is 0 Å². The van der Waals surface area contributed by atoms with Crippen LogP contribution in [-0.2, 0) is 0 Å². The number of para-hydroxylation sites is 1. The Morgan fingerprint density at radius 3 is 2.51 bits per heavy atom. The summed E-state index contributed by atoms with van der Waals surface area (Å²) in [7, 11) is 0. The Morgan fingerprint density at radius 2 is 1.71 bits per heavy atom. The molecule has 2 saturated heterocycles. The SMILES string of the molecule is Nc1c(-c2nc3ccc(C(=O)N4CCC(N5CCCCC5)CC4)cc3[nH]2)c(=O)[nH]c2ccccc12. The summed E-state index contributed by atoms with van der Waals surface area (Å²) in [5.74, 6) is 0.444. The predicted octanol–water partition coefficient (Wildman–Crippen LogP) is 3.74. The van der Waals surface area contributed by atoms with Crippen LogP contribution in [0.15, 0.2) is 47.3 Å². The number of benzene rings is 2. The maximum Gasteiger partial charge on any atom is 0.261 e. The molecule has 0 saturated carbocycles. The number of imidazole rings is 1. The van der Waals surface area contributed by atoms with E-state index in [1.807, 2.05) is 47.4 Å². The zero-order chi connectivity index (χ0) is 23.9. The summed E-state index contributed by atoms with van der Waals surface area (Å²) in [5.41, 5.74) is 9.48. The molecule has 0 spiro atoms. The minimum Gasteiger partial charge on any atom is -0.397 e. The first-order chi connectivity index (χ1) is 17.1. The number of hydrogen-bond acceptors (Lipinski definition) is 5. The predicted molar refractivity (Wildman–Crippen MR) is 138 cm³/mol. The number of nitrogens with one attached hydrogen (secondary N) is 2. The lowest BCUT2D eigenvalue weighted by Gasteiger charge is -2.40. The number of carbonyl (C=O) groups is 1. The number of nitrogens with zero attached hydrogens (tertiary/aromatic N) is 3. The van der Waals surface area contributed by atoms with Crippen LogP contribution >= 0.6 is 0 Å². The second-order valence-electron chi connectivity index (χ2n) is 9.73. The van der Waals surface area contributed by atoms with Crippen molar-refractivity contribution in [3.8, 4) is 11.4 Å². The standard InChI is InChI=1S/C27H30N6O2/c28-24-19-6-2-3-7-20(19)31-26(34)23(24)25-29-21-9-8-17(16-22(21)30-25)27(35)33-14-10-18(11-15-33)32-12-4-1-5-13-32/h2-3,6-9,16,18H,1,4-5,10-15H2,(H,29,30)(H3,28,31,34). The third-order valence-corrected chi connectivity index (χ3v) is 7.59. The summed E-state index contributed by atoms with van der Waals surface area (Å²) in [5, 5.41) is 0.770. The summed E-state index contributed by atoms with van der Waals surface area (Å²) in [6, 6.07) is 13.5. The first-order valence-electron chi connectivity index (χ1n) is 12.5. The summed E-state index contributed by atoms with van der Waals surface area (Å²) in [4.78, 5) is 41.3. The van der Waals surface area contributed by atoms with Gasteiger partial charge in [-0.1, -0.05) is 24.6 Å². The fourth-order valence-corrected chi connectivity index (χ4v) is 5.67. The number of carbonyl (C=O) groups excluding carboxylic acids is 1. The van der Waals surface area contributed by atoms with E-state index >= 15 is 0 Å². The number of aromatic amines is 2. The van der Waals surface area contributed by atoms with Crippen LogP contribution in [0.2, 0.25) is 0 Å². The third-order valence-electron chi connectivity index (χ3n) is 7.59. The molecule has 1 amide bonds. The van der Waals surface area contributed by atoms with E-state index in [2.05, 4.69) is 19.9 Å². The quantitative estimate of drug-likeness (QED) is 0.422. The van der Waals surface area contributed by atoms with E-state index < -0.39 is 0 Å². The van der Waals surface area contributed by atoms with Crippen molar-refractivity contribution in [2.45, 2.75) is 38.1 Å². The van der Waals surface area contributed by atoms with Crippen molar-refractivity contribution in [1.82, 2.24) is 24.8 Å². The number of hydrogen-bond donors (Lipinski definition) is 3. The molecule has 0 unspecified atom stereocenters. The number of fused-ring (bicyclic) bond motifs is 2. The largest absolute Gasteiger partial charge is 0.397 e. The van der Waals surface area contributed by atoms with Crippen molar-refractivity contribution in [1.29, 1.82) is 0 Å². The van der Waals surface area contributed by atoms with Crippen molar-refractivity contribution < 1.29 is 4.79 Å². The van der Waals surface area contributed by atoms with Crippen molar-refractivity contribution in [3.05, 3.63) is 58.4 Å². The number of nitrogen functional groups attached to an aromatic ring is 1. The van der Waals surface area contributed by atoms with Gasteiger partial charge >= 0.3 is 0 Å². The minimum atomic E-state index is -0.298. The van der Waals surface area contributed by atoms with Crippen molar-refractivity contribution in [3.63, 3.8) is 0 Å². The van der Waals surface area contributed by atoms with Gasteiger partial charge in [-0.25, -0.2) is 4.98 Å². The molecule has 6 rings (SSSR count).